The standard InChI is InChI=1S/C12H12N4/c1-8-11(9-2-4-10(13)5-3-9)12-14-6-7-16(12)15-8/h2-7,15H,13H2,1H3. The van der Waals surface area contributed by atoms with Crippen LogP contribution in [0.4, 0.5) is 5.69 Å². The molecule has 3 N–H and O–H groups in total. The van der Waals surface area contributed by atoms with Gasteiger partial charge in [0.15, 0.2) is 5.65 Å². The molecule has 0 saturated carbocycles. The molecule has 4 heteroatoms. The minimum Gasteiger partial charge on any atom is -0.399 e. The number of benzene rings is 1. The Morgan fingerprint density at radius 1 is 1.25 bits per heavy atom. The number of nitrogens with zero attached hydrogens (tertiary/aromatic N) is 2. The number of hydrogen-bond donors (Lipinski definition) is 2. The number of H-pyrrole nitrogens is 1. The molecule has 0 amide bonds. The van der Waals surface area contributed by atoms with E-state index in [9.17, 15) is 0 Å². The number of anilines is 1. The average Bonchev–Trinajstić information content (AvgIpc) is 2.79. The van der Waals surface area contributed by atoms with E-state index in [0.717, 1.165) is 28.2 Å². The van der Waals surface area contributed by atoms with E-state index in [4.69, 9.17) is 5.73 Å². The van der Waals surface area contributed by atoms with Crippen LogP contribution in [-0.4, -0.2) is 14.6 Å². The first-order chi connectivity index (χ1) is 7.75. The average molecular weight is 212 g/mol. The number of hydrogen-bond acceptors (Lipinski definition) is 2. The van der Waals surface area contributed by atoms with Gasteiger partial charge in [-0.05, 0) is 24.6 Å². The van der Waals surface area contributed by atoms with Crippen molar-refractivity contribution in [2.45, 2.75) is 6.92 Å². The highest BCUT2D eigenvalue weighted by Crippen LogP contribution is 2.27. The molecule has 0 aliphatic heterocycles. The summed E-state index contributed by atoms with van der Waals surface area (Å²) in [5.41, 5.74) is 10.8. The van der Waals surface area contributed by atoms with Gasteiger partial charge in [-0.15, -0.1) is 0 Å². The van der Waals surface area contributed by atoms with Crippen LogP contribution in [0, 0.1) is 6.92 Å². The molecule has 0 atom stereocenters. The van der Waals surface area contributed by atoms with Gasteiger partial charge in [-0.1, -0.05) is 12.1 Å². The summed E-state index contributed by atoms with van der Waals surface area (Å²) in [5.74, 6) is 0. The number of imidazole rings is 1. The van der Waals surface area contributed by atoms with Crippen molar-refractivity contribution in [1.82, 2.24) is 14.6 Å². The van der Waals surface area contributed by atoms with Crippen molar-refractivity contribution in [3.63, 3.8) is 0 Å². The number of aromatic amines is 1. The van der Waals surface area contributed by atoms with Crippen LogP contribution in [0.1, 0.15) is 5.69 Å². The van der Waals surface area contributed by atoms with E-state index in [1.165, 1.54) is 0 Å². The summed E-state index contributed by atoms with van der Waals surface area (Å²) in [6.45, 7) is 2.04. The van der Waals surface area contributed by atoms with Crippen molar-refractivity contribution in [3.8, 4) is 11.1 Å². The lowest BCUT2D eigenvalue weighted by Gasteiger charge is -2.00. The van der Waals surface area contributed by atoms with Crippen LogP contribution < -0.4 is 5.73 Å². The predicted octanol–water partition coefficient (Wildman–Crippen LogP) is 2.22. The fourth-order valence-electron chi connectivity index (χ4n) is 1.98. The second-order valence-corrected chi connectivity index (χ2v) is 3.85. The molecule has 80 valence electrons. The van der Waals surface area contributed by atoms with Crippen LogP contribution in [0.15, 0.2) is 36.7 Å². The number of aromatic nitrogens is 3. The van der Waals surface area contributed by atoms with Crippen LogP contribution in [0.25, 0.3) is 16.8 Å². The molecular weight excluding hydrogens is 200 g/mol. The van der Waals surface area contributed by atoms with Crippen molar-refractivity contribution in [2.75, 3.05) is 5.73 Å². The summed E-state index contributed by atoms with van der Waals surface area (Å²) in [6.07, 6.45) is 3.69. The molecule has 2 aromatic heterocycles. The van der Waals surface area contributed by atoms with Gasteiger partial charge in [-0.2, -0.15) is 0 Å². The minimum atomic E-state index is 0.774. The number of fused-ring (bicyclic) bond motifs is 1. The quantitative estimate of drug-likeness (QED) is 0.607. The van der Waals surface area contributed by atoms with Gasteiger partial charge >= 0.3 is 0 Å². The fraction of sp³-hybridized carbons (Fsp3) is 0.0833. The maximum atomic E-state index is 5.68. The number of rotatable bonds is 1. The zero-order valence-corrected chi connectivity index (χ0v) is 8.94. The summed E-state index contributed by atoms with van der Waals surface area (Å²) >= 11 is 0. The molecule has 0 saturated heterocycles. The molecular formula is C12H12N4. The van der Waals surface area contributed by atoms with E-state index in [2.05, 4.69) is 10.1 Å². The summed E-state index contributed by atoms with van der Waals surface area (Å²) in [6, 6.07) is 7.84. The van der Waals surface area contributed by atoms with Crippen LogP contribution in [0.5, 0.6) is 0 Å². The Hall–Kier alpha value is -2.23. The molecule has 0 radical (unpaired) electrons. The molecule has 16 heavy (non-hydrogen) atoms. The number of nitrogens with two attached hydrogens (primary N) is 1. The first-order valence-electron chi connectivity index (χ1n) is 5.13. The summed E-state index contributed by atoms with van der Waals surface area (Å²) < 4.78 is 1.92. The summed E-state index contributed by atoms with van der Waals surface area (Å²) in [5, 5.41) is 3.24. The lowest BCUT2D eigenvalue weighted by molar-refractivity contribution is 0.945. The van der Waals surface area contributed by atoms with Crippen molar-refractivity contribution in [1.29, 1.82) is 0 Å². The highest BCUT2D eigenvalue weighted by Gasteiger charge is 2.11. The summed E-state index contributed by atoms with van der Waals surface area (Å²) in [7, 11) is 0. The van der Waals surface area contributed by atoms with Gasteiger partial charge in [-0.25, -0.2) is 9.50 Å². The Morgan fingerprint density at radius 2 is 2.00 bits per heavy atom. The van der Waals surface area contributed by atoms with Gasteiger partial charge < -0.3 is 5.73 Å². The van der Waals surface area contributed by atoms with Crippen LogP contribution >= 0.6 is 0 Å². The first-order valence-corrected chi connectivity index (χ1v) is 5.13. The number of nitrogen functional groups attached to an aromatic ring is 1. The molecule has 0 unspecified atom stereocenters. The van der Waals surface area contributed by atoms with Gasteiger partial charge in [0.2, 0.25) is 0 Å². The Bertz CT molecular complexity index is 631. The van der Waals surface area contributed by atoms with Crippen molar-refractivity contribution in [2.24, 2.45) is 0 Å². The van der Waals surface area contributed by atoms with Crippen LogP contribution in [0.2, 0.25) is 0 Å². The minimum absolute atomic E-state index is 0.774. The summed E-state index contributed by atoms with van der Waals surface area (Å²) in [4.78, 5) is 4.34. The third-order valence-electron chi connectivity index (χ3n) is 2.73. The molecule has 0 aliphatic rings. The molecule has 0 bridgehead atoms. The van der Waals surface area contributed by atoms with Gasteiger partial charge in [0.1, 0.15) is 0 Å². The molecule has 0 aliphatic carbocycles. The molecule has 3 rings (SSSR count). The van der Waals surface area contributed by atoms with Crippen molar-refractivity contribution < 1.29 is 0 Å². The maximum Gasteiger partial charge on any atom is 0.161 e. The van der Waals surface area contributed by atoms with Gasteiger partial charge in [0.25, 0.3) is 0 Å². The van der Waals surface area contributed by atoms with Crippen LogP contribution in [0.3, 0.4) is 0 Å². The third kappa shape index (κ3) is 1.20. The van der Waals surface area contributed by atoms with Gasteiger partial charge in [0.05, 0.1) is 0 Å². The second kappa shape index (κ2) is 3.13. The van der Waals surface area contributed by atoms with E-state index < -0.39 is 0 Å². The lowest BCUT2D eigenvalue weighted by Crippen LogP contribution is -1.85. The maximum absolute atomic E-state index is 5.68. The highest BCUT2D eigenvalue weighted by atomic mass is 15.3. The Balaban J connectivity index is 2.28. The van der Waals surface area contributed by atoms with E-state index in [1.807, 2.05) is 41.9 Å². The third-order valence-corrected chi connectivity index (χ3v) is 2.73. The SMILES string of the molecule is Cc1[nH]n2ccnc2c1-c1ccc(N)cc1. The Morgan fingerprint density at radius 3 is 2.75 bits per heavy atom. The predicted molar refractivity (Wildman–Crippen MR) is 64.1 cm³/mol. The Labute approximate surface area is 92.7 Å². The Kier molecular flexibility index (Phi) is 1.77. The smallest absolute Gasteiger partial charge is 0.161 e. The van der Waals surface area contributed by atoms with Gasteiger partial charge in [-0.3, -0.25) is 5.10 Å². The molecule has 0 spiro atoms. The van der Waals surface area contributed by atoms with E-state index in [0.29, 0.717) is 0 Å². The van der Waals surface area contributed by atoms with E-state index in [-0.39, 0.29) is 0 Å². The zero-order valence-electron chi connectivity index (χ0n) is 8.94. The number of aryl methyl sites for hydroxylation is 1. The largest absolute Gasteiger partial charge is 0.399 e. The zero-order chi connectivity index (χ0) is 11.1. The topological polar surface area (TPSA) is 59.1 Å². The molecule has 4 nitrogen and oxygen atoms in total. The monoisotopic (exact) mass is 212 g/mol. The van der Waals surface area contributed by atoms with Crippen molar-refractivity contribution >= 4 is 11.3 Å². The fourth-order valence-corrected chi connectivity index (χ4v) is 1.98. The molecule has 2 heterocycles. The van der Waals surface area contributed by atoms with Crippen molar-refractivity contribution in [3.05, 3.63) is 42.4 Å². The molecule has 0 fully saturated rings. The molecule has 3 aromatic rings. The van der Waals surface area contributed by atoms with Gasteiger partial charge in [0, 0.05) is 29.3 Å². The van der Waals surface area contributed by atoms with Crippen LogP contribution in [-0.2, 0) is 0 Å². The van der Waals surface area contributed by atoms with E-state index >= 15 is 0 Å². The normalized spacial score (nSPS) is 11.1. The van der Waals surface area contributed by atoms with E-state index in [1.54, 1.807) is 6.20 Å². The molecule has 1 aromatic carbocycles. The number of nitrogens with one attached hydrogen (secondary N) is 1. The lowest BCUT2D eigenvalue weighted by atomic mass is 10.1. The first kappa shape index (κ1) is 9.03. The second-order valence-electron chi connectivity index (χ2n) is 3.85. The highest BCUT2D eigenvalue weighted by molar-refractivity contribution is 5.80.